The molecule has 1 unspecified atom stereocenters. The van der Waals surface area contributed by atoms with Crippen molar-refractivity contribution in [2.75, 3.05) is 14.1 Å². The Balaban J connectivity index is 4.80. The van der Waals surface area contributed by atoms with E-state index in [1.54, 1.807) is 4.90 Å². The van der Waals surface area contributed by atoms with Gasteiger partial charge in [-0.2, -0.15) is 0 Å². The fourth-order valence-corrected chi connectivity index (χ4v) is 1.93. The van der Waals surface area contributed by atoms with Crippen LogP contribution in [0.2, 0.25) is 0 Å². The average Bonchev–Trinajstić information content (AvgIpc) is 2.00. The molecular formula is C12H25NO. The maximum Gasteiger partial charge on any atom is 0.228 e. The lowest BCUT2D eigenvalue weighted by molar-refractivity contribution is -0.142. The van der Waals surface area contributed by atoms with Crippen molar-refractivity contribution in [3.05, 3.63) is 0 Å². The number of hydrogen-bond acceptors (Lipinski definition) is 1. The lowest BCUT2D eigenvalue weighted by Gasteiger charge is -2.36. The van der Waals surface area contributed by atoms with E-state index >= 15 is 0 Å². The Kier molecular flexibility index (Phi) is 4.63. The summed E-state index contributed by atoms with van der Waals surface area (Å²) in [5.41, 5.74) is -0.211. The standard InChI is InChI=1S/C12H25NO/c1-9(2)8-12(5,10(3)4)11(14)13(6)7/h9-10H,8H2,1-7H3. The second kappa shape index (κ2) is 4.81. The van der Waals surface area contributed by atoms with Crippen LogP contribution in [-0.2, 0) is 4.79 Å². The predicted octanol–water partition coefficient (Wildman–Crippen LogP) is 2.78. The molecule has 0 fully saturated rings. The Morgan fingerprint density at radius 3 is 1.86 bits per heavy atom. The molecule has 0 radical (unpaired) electrons. The minimum Gasteiger partial charge on any atom is -0.348 e. The maximum absolute atomic E-state index is 12.1. The maximum atomic E-state index is 12.1. The van der Waals surface area contributed by atoms with Crippen LogP contribution >= 0.6 is 0 Å². The molecule has 1 atom stereocenters. The first kappa shape index (κ1) is 13.5. The third-order valence-electron chi connectivity index (χ3n) is 3.00. The molecule has 0 aromatic carbocycles. The largest absolute Gasteiger partial charge is 0.348 e. The summed E-state index contributed by atoms with van der Waals surface area (Å²) in [5.74, 6) is 1.20. The third kappa shape index (κ3) is 3.00. The summed E-state index contributed by atoms with van der Waals surface area (Å²) in [6.07, 6.45) is 0.960. The van der Waals surface area contributed by atoms with Gasteiger partial charge in [-0.3, -0.25) is 4.79 Å². The normalized spacial score (nSPS) is 15.8. The van der Waals surface area contributed by atoms with Gasteiger partial charge in [0.25, 0.3) is 0 Å². The third-order valence-corrected chi connectivity index (χ3v) is 3.00. The summed E-state index contributed by atoms with van der Waals surface area (Å²) in [5, 5.41) is 0. The number of carbonyl (C=O) groups is 1. The van der Waals surface area contributed by atoms with Crippen molar-refractivity contribution >= 4 is 5.91 Å². The molecule has 14 heavy (non-hydrogen) atoms. The van der Waals surface area contributed by atoms with E-state index in [1.165, 1.54) is 0 Å². The Labute approximate surface area is 88.7 Å². The lowest BCUT2D eigenvalue weighted by Crippen LogP contribution is -2.42. The summed E-state index contributed by atoms with van der Waals surface area (Å²) < 4.78 is 0. The SMILES string of the molecule is CC(C)CC(C)(C(=O)N(C)C)C(C)C. The fourth-order valence-electron chi connectivity index (χ4n) is 1.93. The first-order chi connectivity index (χ1) is 6.21. The van der Waals surface area contributed by atoms with Crippen molar-refractivity contribution in [1.29, 1.82) is 0 Å². The highest BCUT2D eigenvalue weighted by atomic mass is 16.2. The summed E-state index contributed by atoms with van der Waals surface area (Å²) >= 11 is 0. The van der Waals surface area contributed by atoms with E-state index in [0.717, 1.165) is 6.42 Å². The summed E-state index contributed by atoms with van der Waals surface area (Å²) in [6, 6.07) is 0. The molecule has 0 saturated carbocycles. The predicted molar refractivity (Wildman–Crippen MR) is 61.1 cm³/mol. The molecule has 0 saturated heterocycles. The van der Waals surface area contributed by atoms with E-state index in [-0.39, 0.29) is 11.3 Å². The van der Waals surface area contributed by atoms with Crippen LogP contribution in [0, 0.1) is 17.3 Å². The fraction of sp³-hybridized carbons (Fsp3) is 0.917. The van der Waals surface area contributed by atoms with Gasteiger partial charge in [-0.15, -0.1) is 0 Å². The number of nitrogens with zero attached hydrogens (tertiary/aromatic N) is 1. The number of hydrogen-bond donors (Lipinski definition) is 0. The molecule has 1 amide bonds. The second-order valence-electron chi connectivity index (χ2n) is 5.37. The van der Waals surface area contributed by atoms with Gasteiger partial charge in [0.1, 0.15) is 0 Å². The Morgan fingerprint density at radius 1 is 1.21 bits per heavy atom. The molecule has 0 bridgehead atoms. The number of rotatable bonds is 4. The first-order valence-corrected chi connectivity index (χ1v) is 5.43. The van der Waals surface area contributed by atoms with Crippen molar-refractivity contribution in [2.45, 2.75) is 41.0 Å². The topological polar surface area (TPSA) is 20.3 Å². The van der Waals surface area contributed by atoms with Gasteiger partial charge in [-0.05, 0) is 18.3 Å². The Hall–Kier alpha value is -0.530. The summed E-state index contributed by atoms with van der Waals surface area (Å²) in [4.78, 5) is 13.8. The van der Waals surface area contributed by atoms with E-state index in [0.29, 0.717) is 11.8 Å². The summed E-state index contributed by atoms with van der Waals surface area (Å²) in [6.45, 7) is 10.7. The van der Waals surface area contributed by atoms with Crippen molar-refractivity contribution in [2.24, 2.45) is 17.3 Å². The van der Waals surface area contributed by atoms with Gasteiger partial charge in [-0.1, -0.05) is 34.6 Å². The van der Waals surface area contributed by atoms with Gasteiger partial charge >= 0.3 is 0 Å². The van der Waals surface area contributed by atoms with Crippen LogP contribution in [0.3, 0.4) is 0 Å². The highest BCUT2D eigenvalue weighted by molar-refractivity contribution is 5.82. The van der Waals surface area contributed by atoms with Crippen LogP contribution < -0.4 is 0 Å². The van der Waals surface area contributed by atoms with Crippen LogP contribution in [0.25, 0.3) is 0 Å². The zero-order valence-corrected chi connectivity index (χ0v) is 10.7. The minimum absolute atomic E-state index is 0.211. The molecule has 0 spiro atoms. The van der Waals surface area contributed by atoms with Crippen LogP contribution in [0.1, 0.15) is 41.0 Å². The minimum atomic E-state index is -0.211. The Bertz CT molecular complexity index is 196. The van der Waals surface area contributed by atoms with E-state index in [9.17, 15) is 4.79 Å². The van der Waals surface area contributed by atoms with Crippen molar-refractivity contribution in [3.63, 3.8) is 0 Å². The van der Waals surface area contributed by atoms with E-state index in [4.69, 9.17) is 0 Å². The smallest absolute Gasteiger partial charge is 0.228 e. The molecule has 2 heteroatoms. The van der Waals surface area contributed by atoms with E-state index < -0.39 is 0 Å². The molecule has 0 N–H and O–H groups in total. The molecule has 0 heterocycles. The van der Waals surface area contributed by atoms with Gasteiger partial charge in [-0.25, -0.2) is 0 Å². The highest BCUT2D eigenvalue weighted by Gasteiger charge is 2.37. The molecular weight excluding hydrogens is 174 g/mol. The first-order valence-electron chi connectivity index (χ1n) is 5.43. The lowest BCUT2D eigenvalue weighted by atomic mass is 9.72. The highest BCUT2D eigenvalue weighted by Crippen LogP contribution is 2.35. The van der Waals surface area contributed by atoms with Gasteiger partial charge in [0.2, 0.25) is 5.91 Å². The Morgan fingerprint density at radius 2 is 1.64 bits per heavy atom. The van der Waals surface area contributed by atoms with E-state index in [1.807, 2.05) is 14.1 Å². The monoisotopic (exact) mass is 199 g/mol. The quantitative estimate of drug-likeness (QED) is 0.682. The van der Waals surface area contributed by atoms with Crippen LogP contribution in [0.5, 0.6) is 0 Å². The van der Waals surface area contributed by atoms with Crippen LogP contribution in [0.4, 0.5) is 0 Å². The molecule has 84 valence electrons. The van der Waals surface area contributed by atoms with Crippen molar-refractivity contribution in [3.8, 4) is 0 Å². The molecule has 0 rings (SSSR count). The molecule has 0 aliphatic rings. The average molecular weight is 199 g/mol. The van der Waals surface area contributed by atoms with Gasteiger partial charge in [0.05, 0.1) is 0 Å². The van der Waals surface area contributed by atoms with Crippen LogP contribution in [0.15, 0.2) is 0 Å². The van der Waals surface area contributed by atoms with Crippen molar-refractivity contribution < 1.29 is 4.79 Å². The summed E-state index contributed by atoms with van der Waals surface area (Å²) in [7, 11) is 3.67. The molecule has 0 aromatic rings. The van der Waals surface area contributed by atoms with E-state index in [2.05, 4.69) is 34.6 Å². The molecule has 0 aromatic heterocycles. The van der Waals surface area contributed by atoms with Gasteiger partial charge in [0, 0.05) is 19.5 Å². The zero-order chi connectivity index (χ0) is 11.5. The molecule has 0 aliphatic carbocycles. The zero-order valence-electron chi connectivity index (χ0n) is 10.7. The number of carbonyl (C=O) groups excluding carboxylic acids is 1. The number of amides is 1. The van der Waals surface area contributed by atoms with Crippen LogP contribution in [-0.4, -0.2) is 24.9 Å². The molecule has 0 aliphatic heterocycles. The van der Waals surface area contributed by atoms with Gasteiger partial charge < -0.3 is 4.90 Å². The van der Waals surface area contributed by atoms with Crippen molar-refractivity contribution in [1.82, 2.24) is 4.90 Å². The molecule has 2 nitrogen and oxygen atoms in total. The van der Waals surface area contributed by atoms with Gasteiger partial charge in [0.15, 0.2) is 0 Å². The second-order valence-corrected chi connectivity index (χ2v) is 5.37.